The molecule has 1 atom stereocenters. The molecule has 0 aliphatic rings. The Morgan fingerprint density at radius 3 is 2.43 bits per heavy atom. The van der Waals surface area contributed by atoms with E-state index in [1.807, 2.05) is 0 Å². The minimum atomic E-state index is -3.41. The molecule has 1 N–H and O–H groups in total. The summed E-state index contributed by atoms with van der Waals surface area (Å²) in [7, 11) is 1.70. The summed E-state index contributed by atoms with van der Waals surface area (Å²) >= 11 is 0. The molecule has 0 aliphatic carbocycles. The average Bonchev–Trinajstić information content (AvgIpc) is 2.46. The molecule has 0 spiro atoms. The number of hydrogen-bond acceptors (Lipinski definition) is 5. The number of rotatable bonds is 8. The molecule has 0 aliphatic heterocycles. The molecule has 1 heterocycles. The number of sulfonamides is 1. The second-order valence-electron chi connectivity index (χ2n) is 5.33. The Hall–Kier alpha value is -1.18. The van der Waals surface area contributed by atoms with Crippen LogP contribution in [0.25, 0.3) is 0 Å². The summed E-state index contributed by atoms with van der Waals surface area (Å²) in [5.41, 5.74) is 0. The molecule has 1 unspecified atom stereocenters. The van der Waals surface area contributed by atoms with Gasteiger partial charge in [0.2, 0.25) is 10.0 Å². The highest BCUT2D eigenvalue weighted by molar-refractivity contribution is 7.89. The summed E-state index contributed by atoms with van der Waals surface area (Å²) < 4.78 is 25.0. The molecular weight excluding hydrogens is 288 g/mol. The number of nitrogens with one attached hydrogen (secondary N) is 1. The lowest BCUT2D eigenvalue weighted by atomic mass is 10.2. The monoisotopic (exact) mass is 314 g/mol. The van der Waals surface area contributed by atoms with Crippen molar-refractivity contribution in [1.29, 1.82) is 0 Å². The molecule has 1 rings (SSSR count). The smallest absolute Gasteiger partial charge is 0.244 e. The molecule has 21 heavy (non-hydrogen) atoms. The standard InChI is InChI=1S/C14H26N4O2S/c1-6-12(2)18(5)10-9-15-14-8-7-13(11-16-14)21(19,20)17(3)4/h7-8,11-12H,6,9-10H2,1-5H3,(H,15,16). The molecule has 0 saturated carbocycles. The molecule has 0 radical (unpaired) electrons. The SMILES string of the molecule is CCC(C)N(C)CCNc1ccc(S(=O)(=O)N(C)C)cn1. The zero-order valence-corrected chi connectivity index (χ0v) is 14.3. The van der Waals surface area contributed by atoms with Crippen LogP contribution in [0, 0.1) is 0 Å². The molecule has 0 amide bonds. The molecule has 0 saturated heterocycles. The van der Waals surface area contributed by atoms with Crippen molar-refractivity contribution in [3.05, 3.63) is 18.3 Å². The number of anilines is 1. The first-order valence-electron chi connectivity index (χ1n) is 7.11. The van der Waals surface area contributed by atoms with Gasteiger partial charge in [0.05, 0.1) is 0 Å². The van der Waals surface area contributed by atoms with Gasteiger partial charge in [0.15, 0.2) is 0 Å². The first-order valence-corrected chi connectivity index (χ1v) is 8.55. The molecule has 120 valence electrons. The zero-order valence-electron chi connectivity index (χ0n) is 13.5. The van der Waals surface area contributed by atoms with Gasteiger partial charge in [-0.1, -0.05) is 6.92 Å². The van der Waals surface area contributed by atoms with E-state index in [1.54, 1.807) is 12.1 Å². The fourth-order valence-electron chi connectivity index (χ4n) is 1.74. The molecule has 7 heteroatoms. The van der Waals surface area contributed by atoms with E-state index in [1.165, 1.54) is 24.6 Å². The van der Waals surface area contributed by atoms with Gasteiger partial charge in [0, 0.05) is 39.4 Å². The maximum absolute atomic E-state index is 11.9. The predicted molar refractivity (Wildman–Crippen MR) is 86.0 cm³/mol. The maximum Gasteiger partial charge on any atom is 0.244 e. The maximum atomic E-state index is 11.9. The van der Waals surface area contributed by atoms with Crippen molar-refractivity contribution in [1.82, 2.24) is 14.2 Å². The number of likely N-dealkylation sites (N-methyl/N-ethyl adjacent to an activating group) is 1. The second-order valence-corrected chi connectivity index (χ2v) is 7.48. The van der Waals surface area contributed by atoms with Crippen molar-refractivity contribution < 1.29 is 8.42 Å². The third-order valence-electron chi connectivity index (χ3n) is 3.63. The number of pyridine rings is 1. The lowest BCUT2D eigenvalue weighted by Gasteiger charge is -2.23. The van der Waals surface area contributed by atoms with Crippen LogP contribution in [0.2, 0.25) is 0 Å². The van der Waals surface area contributed by atoms with Crippen molar-refractivity contribution in [3.8, 4) is 0 Å². The number of aromatic nitrogens is 1. The van der Waals surface area contributed by atoms with Gasteiger partial charge in [-0.3, -0.25) is 0 Å². The topological polar surface area (TPSA) is 65.5 Å². The van der Waals surface area contributed by atoms with E-state index in [0.29, 0.717) is 11.9 Å². The fourth-order valence-corrected chi connectivity index (χ4v) is 2.59. The quantitative estimate of drug-likeness (QED) is 0.787. The lowest BCUT2D eigenvalue weighted by molar-refractivity contribution is 0.261. The van der Waals surface area contributed by atoms with E-state index < -0.39 is 10.0 Å². The fraction of sp³-hybridized carbons (Fsp3) is 0.643. The van der Waals surface area contributed by atoms with Crippen LogP contribution in [0.5, 0.6) is 0 Å². The highest BCUT2D eigenvalue weighted by atomic mass is 32.2. The Morgan fingerprint density at radius 2 is 1.95 bits per heavy atom. The molecule has 1 aromatic rings. The van der Waals surface area contributed by atoms with Crippen molar-refractivity contribution in [2.24, 2.45) is 0 Å². The molecule has 6 nitrogen and oxygen atoms in total. The molecule has 1 aromatic heterocycles. The highest BCUT2D eigenvalue weighted by Crippen LogP contribution is 2.13. The van der Waals surface area contributed by atoms with Gasteiger partial charge in [-0.15, -0.1) is 0 Å². The first-order chi connectivity index (χ1) is 9.78. The molecule has 0 bridgehead atoms. The summed E-state index contributed by atoms with van der Waals surface area (Å²) in [6.45, 7) is 6.04. The van der Waals surface area contributed by atoms with Gasteiger partial charge in [-0.05, 0) is 32.5 Å². The Labute approximate surface area is 128 Å². The second kappa shape index (κ2) is 7.72. The zero-order chi connectivity index (χ0) is 16.0. The number of nitrogens with zero attached hydrogens (tertiary/aromatic N) is 3. The van der Waals surface area contributed by atoms with E-state index >= 15 is 0 Å². The van der Waals surface area contributed by atoms with Crippen LogP contribution < -0.4 is 5.32 Å². The van der Waals surface area contributed by atoms with E-state index in [4.69, 9.17) is 0 Å². The third-order valence-corrected chi connectivity index (χ3v) is 5.43. The van der Waals surface area contributed by atoms with Crippen molar-refractivity contribution in [2.45, 2.75) is 31.2 Å². The van der Waals surface area contributed by atoms with Crippen LogP contribution in [-0.4, -0.2) is 62.9 Å². The van der Waals surface area contributed by atoms with Crippen LogP contribution in [0.4, 0.5) is 5.82 Å². The van der Waals surface area contributed by atoms with Crippen LogP contribution >= 0.6 is 0 Å². The van der Waals surface area contributed by atoms with Crippen molar-refractivity contribution >= 4 is 15.8 Å². The lowest BCUT2D eigenvalue weighted by Crippen LogP contribution is -2.32. The minimum Gasteiger partial charge on any atom is -0.369 e. The Bertz CT molecular complexity index is 528. The van der Waals surface area contributed by atoms with E-state index in [9.17, 15) is 8.42 Å². The summed E-state index contributed by atoms with van der Waals surface area (Å²) in [6.07, 6.45) is 2.50. The van der Waals surface area contributed by atoms with Crippen molar-refractivity contribution in [2.75, 3.05) is 39.5 Å². The minimum absolute atomic E-state index is 0.203. The summed E-state index contributed by atoms with van der Waals surface area (Å²) in [4.78, 5) is 6.63. The van der Waals surface area contributed by atoms with Crippen LogP contribution in [0.15, 0.2) is 23.2 Å². The van der Waals surface area contributed by atoms with Crippen LogP contribution in [-0.2, 0) is 10.0 Å². The van der Waals surface area contributed by atoms with Crippen LogP contribution in [0.1, 0.15) is 20.3 Å². The average molecular weight is 314 g/mol. The Morgan fingerprint density at radius 1 is 1.29 bits per heavy atom. The first kappa shape index (κ1) is 17.9. The largest absolute Gasteiger partial charge is 0.369 e. The van der Waals surface area contributed by atoms with Gasteiger partial charge in [0.25, 0.3) is 0 Å². The van der Waals surface area contributed by atoms with Gasteiger partial charge in [0.1, 0.15) is 10.7 Å². The predicted octanol–water partition coefficient (Wildman–Crippen LogP) is 1.47. The summed E-state index contributed by atoms with van der Waals surface area (Å²) in [5, 5.41) is 3.20. The molecular formula is C14H26N4O2S. The van der Waals surface area contributed by atoms with Gasteiger partial charge < -0.3 is 10.2 Å². The van der Waals surface area contributed by atoms with Gasteiger partial charge >= 0.3 is 0 Å². The van der Waals surface area contributed by atoms with E-state index in [2.05, 4.69) is 36.1 Å². The Kier molecular flexibility index (Phi) is 6.57. The third kappa shape index (κ3) is 4.94. The summed E-state index contributed by atoms with van der Waals surface area (Å²) in [5.74, 6) is 0.685. The van der Waals surface area contributed by atoms with Gasteiger partial charge in [-0.2, -0.15) is 0 Å². The number of hydrogen-bond donors (Lipinski definition) is 1. The van der Waals surface area contributed by atoms with E-state index in [0.717, 1.165) is 19.5 Å². The van der Waals surface area contributed by atoms with E-state index in [-0.39, 0.29) is 4.90 Å². The highest BCUT2D eigenvalue weighted by Gasteiger charge is 2.17. The normalized spacial score (nSPS) is 13.7. The van der Waals surface area contributed by atoms with Crippen molar-refractivity contribution in [3.63, 3.8) is 0 Å². The van der Waals surface area contributed by atoms with Gasteiger partial charge in [-0.25, -0.2) is 17.7 Å². The van der Waals surface area contributed by atoms with Crippen LogP contribution in [0.3, 0.4) is 0 Å². The Balaban J connectivity index is 2.56. The summed E-state index contributed by atoms with van der Waals surface area (Å²) in [6, 6.07) is 3.82. The molecule has 0 fully saturated rings. The molecule has 0 aromatic carbocycles.